The zero-order valence-electron chi connectivity index (χ0n) is 11.2. The van der Waals surface area contributed by atoms with Crippen LogP contribution in [-0.4, -0.2) is 31.1 Å². The topological polar surface area (TPSA) is 39.1 Å². The summed E-state index contributed by atoms with van der Waals surface area (Å²) < 4.78 is 13.4. The maximum absolute atomic E-state index is 13.4. The van der Waals surface area contributed by atoms with Gasteiger partial charge in [-0.1, -0.05) is 18.9 Å². The van der Waals surface area contributed by atoms with Gasteiger partial charge in [-0.05, 0) is 38.1 Å². The average Bonchev–Trinajstić information content (AvgIpc) is 2.68. The van der Waals surface area contributed by atoms with Crippen molar-refractivity contribution < 1.29 is 4.39 Å². The maximum Gasteiger partial charge on any atom is 0.143 e. The average molecular weight is 261 g/mol. The summed E-state index contributed by atoms with van der Waals surface area (Å²) in [4.78, 5) is 2.44. The van der Waals surface area contributed by atoms with Crippen LogP contribution in [-0.2, 0) is 0 Å². The van der Waals surface area contributed by atoms with Crippen molar-refractivity contribution in [2.75, 3.05) is 31.5 Å². The van der Waals surface area contributed by atoms with E-state index in [1.54, 1.807) is 12.1 Å². The number of rotatable bonds is 4. The second-order valence-corrected chi connectivity index (χ2v) is 4.96. The molecule has 4 heteroatoms. The van der Waals surface area contributed by atoms with Crippen molar-refractivity contribution >= 4 is 5.69 Å². The van der Waals surface area contributed by atoms with E-state index in [0.717, 1.165) is 26.2 Å². The van der Waals surface area contributed by atoms with Crippen LogP contribution < -0.4 is 5.32 Å². The molecule has 0 aliphatic carbocycles. The minimum absolute atomic E-state index is 0.110. The smallest absolute Gasteiger partial charge is 0.143 e. The normalized spacial score (nSPS) is 16.6. The molecule has 1 aliphatic heterocycles. The SMILES string of the molecule is N#Cc1c(F)cccc1NCCN1CCCCCC1. The van der Waals surface area contributed by atoms with E-state index in [2.05, 4.69) is 10.2 Å². The van der Waals surface area contributed by atoms with E-state index in [0.29, 0.717) is 5.69 Å². The second kappa shape index (κ2) is 7.10. The lowest BCUT2D eigenvalue weighted by molar-refractivity contribution is 0.296. The molecule has 0 unspecified atom stereocenters. The lowest BCUT2D eigenvalue weighted by atomic mass is 10.2. The number of halogens is 1. The molecule has 2 rings (SSSR count). The first-order valence-electron chi connectivity index (χ1n) is 6.96. The van der Waals surface area contributed by atoms with Crippen molar-refractivity contribution in [3.8, 4) is 6.07 Å². The third kappa shape index (κ3) is 3.93. The number of nitrogens with zero attached hydrogens (tertiary/aromatic N) is 2. The summed E-state index contributed by atoms with van der Waals surface area (Å²) in [7, 11) is 0. The van der Waals surface area contributed by atoms with Crippen LogP contribution in [0.1, 0.15) is 31.2 Å². The Morgan fingerprint density at radius 2 is 1.95 bits per heavy atom. The van der Waals surface area contributed by atoms with Gasteiger partial charge in [-0.15, -0.1) is 0 Å². The summed E-state index contributed by atoms with van der Waals surface area (Å²) in [6.45, 7) is 3.99. The largest absolute Gasteiger partial charge is 0.383 e. The predicted octanol–water partition coefficient (Wildman–Crippen LogP) is 2.99. The zero-order chi connectivity index (χ0) is 13.5. The Hall–Kier alpha value is -1.60. The maximum atomic E-state index is 13.4. The molecule has 1 saturated heterocycles. The van der Waals surface area contributed by atoms with Crippen LogP contribution in [0.3, 0.4) is 0 Å². The van der Waals surface area contributed by atoms with E-state index in [-0.39, 0.29) is 5.56 Å². The van der Waals surface area contributed by atoms with E-state index in [1.807, 2.05) is 6.07 Å². The fraction of sp³-hybridized carbons (Fsp3) is 0.533. The minimum atomic E-state index is -0.456. The quantitative estimate of drug-likeness (QED) is 0.905. The molecule has 0 atom stereocenters. The van der Waals surface area contributed by atoms with E-state index in [9.17, 15) is 4.39 Å². The molecule has 1 aromatic rings. The van der Waals surface area contributed by atoms with Gasteiger partial charge in [0, 0.05) is 13.1 Å². The van der Waals surface area contributed by atoms with Crippen LogP contribution in [0.15, 0.2) is 18.2 Å². The molecular formula is C15H20FN3. The van der Waals surface area contributed by atoms with E-state index in [1.165, 1.54) is 31.7 Å². The highest BCUT2D eigenvalue weighted by atomic mass is 19.1. The first-order valence-corrected chi connectivity index (χ1v) is 6.96. The number of likely N-dealkylation sites (tertiary alicyclic amines) is 1. The molecule has 1 aromatic carbocycles. The third-order valence-electron chi connectivity index (χ3n) is 3.57. The first-order chi connectivity index (χ1) is 9.31. The summed E-state index contributed by atoms with van der Waals surface area (Å²) in [5.41, 5.74) is 0.704. The van der Waals surface area contributed by atoms with Gasteiger partial charge in [-0.3, -0.25) is 0 Å². The molecule has 0 saturated carbocycles. The summed E-state index contributed by atoms with van der Waals surface area (Å²) in [5.74, 6) is -0.456. The van der Waals surface area contributed by atoms with Gasteiger partial charge in [0.25, 0.3) is 0 Å². The van der Waals surface area contributed by atoms with Gasteiger partial charge in [0.2, 0.25) is 0 Å². The van der Waals surface area contributed by atoms with Crippen LogP contribution >= 0.6 is 0 Å². The van der Waals surface area contributed by atoms with Crippen LogP contribution in [0, 0.1) is 17.1 Å². The lowest BCUT2D eigenvalue weighted by Crippen LogP contribution is -2.30. The summed E-state index contributed by atoms with van der Waals surface area (Å²) in [6, 6.07) is 6.61. The predicted molar refractivity (Wildman–Crippen MR) is 74.5 cm³/mol. The molecule has 3 nitrogen and oxygen atoms in total. The standard InChI is InChI=1S/C15H20FN3/c16-14-6-5-7-15(13(14)12-17)18-8-11-19-9-3-1-2-4-10-19/h5-7,18H,1-4,8-11H2. The molecule has 1 aliphatic rings. The Balaban J connectivity index is 1.85. The van der Waals surface area contributed by atoms with Gasteiger partial charge in [0.1, 0.15) is 17.4 Å². The lowest BCUT2D eigenvalue weighted by Gasteiger charge is -2.20. The number of anilines is 1. The van der Waals surface area contributed by atoms with Gasteiger partial charge >= 0.3 is 0 Å². The van der Waals surface area contributed by atoms with Crippen molar-refractivity contribution in [1.29, 1.82) is 5.26 Å². The van der Waals surface area contributed by atoms with Crippen LogP contribution in [0.5, 0.6) is 0 Å². The number of nitrogens with one attached hydrogen (secondary N) is 1. The summed E-state index contributed by atoms with van der Waals surface area (Å²) in [5, 5.41) is 12.1. The molecule has 0 spiro atoms. The van der Waals surface area contributed by atoms with Gasteiger partial charge in [0.05, 0.1) is 5.69 Å². The molecule has 0 amide bonds. The van der Waals surface area contributed by atoms with Gasteiger partial charge < -0.3 is 10.2 Å². The highest BCUT2D eigenvalue weighted by Gasteiger charge is 2.10. The fourth-order valence-electron chi connectivity index (χ4n) is 2.49. The van der Waals surface area contributed by atoms with Crippen LogP contribution in [0.25, 0.3) is 0 Å². The number of hydrogen-bond acceptors (Lipinski definition) is 3. The third-order valence-corrected chi connectivity index (χ3v) is 3.57. The van der Waals surface area contributed by atoms with Crippen molar-refractivity contribution in [3.05, 3.63) is 29.6 Å². The Labute approximate surface area is 114 Å². The van der Waals surface area contributed by atoms with Crippen molar-refractivity contribution in [1.82, 2.24) is 4.90 Å². The minimum Gasteiger partial charge on any atom is -0.383 e. The Morgan fingerprint density at radius 3 is 2.63 bits per heavy atom. The van der Waals surface area contributed by atoms with Gasteiger partial charge in [-0.2, -0.15) is 5.26 Å². The zero-order valence-corrected chi connectivity index (χ0v) is 11.2. The Kier molecular flexibility index (Phi) is 5.17. The van der Waals surface area contributed by atoms with E-state index < -0.39 is 5.82 Å². The van der Waals surface area contributed by atoms with Gasteiger partial charge in [0.15, 0.2) is 0 Å². The second-order valence-electron chi connectivity index (χ2n) is 4.96. The highest BCUT2D eigenvalue weighted by molar-refractivity contribution is 5.57. The molecule has 19 heavy (non-hydrogen) atoms. The molecule has 0 radical (unpaired) electrons. The molecular weight excluding hydrogens is 241 g/mol. The number of nitriles is 1. The first kappa shape index (κ1) is 13.8. The Bertz CT molecular complexity index is 445. The fourth-order valence-corrected chi connectivity index (χ4v) is 2.49. The Morgan fingerprint density at radius 1 is 1.21 bits per heavy atom. The highest BCUT2D eigenvalue weighted by Crippen LogP contribution is 2.17. The van der Waals surface area contributed by atoms with E-state index in [4.69, 9.17) is 5.26 Å². The van der Waals surface area contributed by atoms with Crippen molar-refractivity contribution in [3.63, 3.8) is 0 Å². The van der Waals surface area contributed by atoms with Crippen molar-refractivity contribution in [2.45, 2.75) is 25.7 Å². The number of benzene rings is 1. The monoisotopic (exact) mass is 261 g/mol. The summed E-state index contributed by atoms with van der Waals surface area (Å²) in [6.07, 6.45) is 5.19. The van der Waals surface area contributed by atoms with Gasteiger partial charge in [-0.25, -0.2) is 4.39 Å². The molecule has 1 heterocycles. The molecule has 102 valence electrons. The molecule has 1 N–H and O–H groups in total. The number of hydrogen-bond donors (Lipinski definition) is 1. The molecule has 0 bridgehead atoms. The van der Waals surface area contributed by atoms with Crippen LogP contribution in [0.2, 0.25) is 0 Å². The van der Waals surface area contributed by atoms with Crippen LogP contribution in [0.4, 0.5) is 10.1 Å². The summed E-state index contributed by atoms with van der Waals surface area (Å²) >= 11 is 0. The molecule has 0 aromatic heterocycles. The molecule has 1 fully saturated rings. The van der Waals surface area contributed by atoms with E-state index >= 15 is 0 Å². The van der Waals surface area contributed by atoms with Crippen molar-refractivity contribution in [2.24, 2.45) is 0 Å².